The number of carbonyl (C=O) groups excluding carboxylic acids is 3. The molecule has 434 valence electrons. The van der Waals surface area contributed by atoms with Gasteiger partial charge in [0.05, 0.1) is 48.0 Å². The van der Waals surface area contributed by atoms with Crippen LogP contribution in [0.3, 0.4) is 0 Å². The topological polar surface area (TPSA) is 243 Å². The Kier molecular flexibility index (Phi) is 20.8. The Morgan fingerprint density at radius 1 is 0.948 bits per heavy atom. The van der Waals surface area contributed by atoms with Gasteiger partial charge in [-0.2, -0.15) is 0 Å². The highest BCUT2D eigenvalue weighted by Crippen LogP contribution is 2.46. The minimum absolute atomic E-state index is 0.0591. The fourth-order valence-corrected chi connectivity index (χ4v) is 12.8. The molecule has 6 heterocycles. The Labute approximate surface area is 455 Å². The SMILES string of the molecule is CCc1cc(C(=O)O)c(=O)n2ccc(NCCNCCCO[C@H]3[C@H](C)O[C@@H](O[C@H]4[C@H](C)C(CO[C@@H]5O[C@H](C)C[C@H](N(C)C)[C@H]5O)C(C)(C)C[C@@H](C)C(=O)[C@H](C)[C@H]5NC(=O)O[C@]5(C)[C@@H](CC)OC(=O)[C@@H]4C)C[C@@]3(C)OC)cc12. The first-order valence-corrected chi connectivity index (χ1v) is 27.9. The number of likely N-dealkylation sites (N-methyl/N-ethyl adjacent to an activating group) is 1. The molecule has 0 aromatic carbocycles. The molecule has 0 aliphatic carbocycles. The number of ether oxygens (including phenoxy) is 8. The average molecular weight is 1090 g/mol. The van der Waals surface area contributed by atoms with Crippen molar-refractivity contribution >= 4 is 35.0 Å². The lowest BCUT2D eigenvalue weighted by Gasteiger charge is -2.49. The number of aromatic carboxylic acids is 1. The molecule has 6 rings (SSSR count). The fourth-order valence-electron chi connectivity index (χ4n) is 12.8. The lowest BCUT2D eigenvalue weighted by atomic mass is 9.64. The molecule has 4 aliphatic rings. The second-order valence-corrected chi connectivity index (χ2v) is 23.6. The van der Waals surface area contributed by atoms with E-state index in [0.717, 1.165) is 11.3 Å². The molecule has 4 aliphatic heterocycles. The van der Waals surface area contributed by atoms with E-state index in [4.69, 9.17) is 37.9 Å². The van der Waals surface area contributed by atoms with Crippen LogP contribution in [-0.4, -0.2) is 170 Å². The number of aliphatic hydroxyl groups excluding tert-OH is 1. The third-order valence-corrected chi connectivity index (χ3v) is 17.3. The molecule has 20 nitrogen and oxygen atoms in total. The number of anilines is 1. The van der Waals surface area contributed by atoms with E-state index in [1.54, 1.807) is 40.1 Å². The molecule has 0 radical (unpaired) electrons. The number of ketones is 1. The van der Waals surface area contributed by atoms with Gasteiger partial charge in [-0.05, 0) is 128 Å². The Morgan fingerprint density at radius 3 is 2.31 bits per heavy atom. The predicted molar refractivity (Wildman–Crippen MR) is 289 cm³/mol. The summed E-state index contributed by atoms with van der Waals surface area (Å²) in [6.45, 7) is 25.5. The zero-order valence-corrected chi connectivity index (χ0v) is 48.3. The maximum absolute atomic E-state index is 14.8. The summed E-state index contributed by atoms with van der Waals surface area (Å²) in [7, 11) is 5.49. The second-order valence-electron chi connectivity index (χ2n) is 23.6. The maximum atomic E-state index is 14.8. The summed E-state index contributed by atoms with van der Waals surface area (Å²) in [6.07, 6.45) is -1.82. The lowest BCUT2D eigenvalue weighted by Crippen LogP contribution is -2.59. The third kappa shape index (κ3) is 13.9. The van der Waals surface area contributed by atoms with Gasteiger partial charge in [-0.15, -0.1) is 0 Å². The van der Waals surface area contributed by atoms with Crippen molar-refractivity contribution in [1.82, 2.24) is 19.9 Å². The van der Waals surface area contributed by atoms with E-state index in [-0.39, 0.29) is 42.4 Å². The van der Waals surface area contributed by atoms with E-state index >= 15 is 0 Å². The molecule has 0 bridgehead atoms. The number of amides is 1. The Bertz CT molecular complexity index is 2420. The number of nitrogens with zero attached hydrogens (tertiary/aromatic N) is 2. The maximum Gasteiger partial charge on any atom is 0.408 e. The van der Waals surface area contributed by atoms with Crippen LogP contribution in [0.25, 0.3) is 5.52 Å². The molecular formula is C57H91N5O15. The van der Waals surface area contributed by atoms with E-state index < -0.39 is 113 Å². The van der Waals surface area contributed by atoms with Crippen LogP contribution in [-0.2, 0) is 53.9 Å². The van der Waals surface area contributed by atoms with Gasteiger partial charge >= 0.3 is 18.0 Å². The standard InChI is InChI=1S/C57H91N5O15/c1-16-37-26-39(51(66)67)50(65)62-23-19-38(27-41(37)62)59-22-21-58-20-18-24-71-49-36(8)74-44(29-56(49,11)70-15)76-47-33(5)40(30-72-53-46(64)42(61(13)14)25-32(4)73-53)55(9,10)28-31(3)45(63)34(6)48-57(12,77-54(69)60-48)43(17-2)75-52(68)35(47)7/h19,23,26-27,31-36,40,42-44,46-49,53,58-59,64H,16-18,20-22,24-25,28-30H2,1-15H3,(H,60,69)(H,66,67)/t31-,32-,33-,34+,35-,36+,40?,42+,43-,44+,46-,47+,48-,49+,53-,56-,57-/m1/s1. The van der Waals surface area contributed by atoms with Gasteiger partial charge in [0.25, 0.3) is 5.56 Å². The minimum atomic E-state index is -1.34. The number of fused-ring (bicyclic) bond motifs is 2. The first-order valence-electron chi connectivity index (χ1n) is 27.9. The van der Waals surface area contributed by atoms with Crippen molar-refractivity contribution in [2.75, 3.05) is 59.4 Å². The van der Waals surface area contributed by atoms with Crippen LogP contribution in [0.1, 0.15) is 131 Å². The second kappa shape index (κ2) is 25.9. The van der Waals surface area contributed by atoms with Crippen molar-refractivity contribution in [3.8, 4) is 0 Å². The number of nitrogens with one attached hydrogen (secondary N) is 3. The van der Waals surface area contributed by atoms with E-state index in [1.807, 2.05) is 73.5 Å². The van der Waals surface area contributed by atoms with Gasteiger partial charge in [0.2, 0.25) is 0 Å². The molecule has 1 unspecified atom stereocenters. The van der Waals surface area contributed by atoms with Crippen LogP contribution < -0.4 is 21.5 Å². The molecule has 5 N–H and O–H groups in total. The number of aliphatic hydroxyl groups is 1. The van der Waals surface area contributed by atoms with Gasteiger partial charge in [-0.3, -0.25) is 18.8 Å². The van der Waals surface area contributed by atoms with Gasteiger partial charge in [0.1, 0.15) is 29.7 Å². The quantitative estimate of drug-likeness (QED) is 0.0794. The average Bonchev–Trinajstić information content (AvgIpc) is 3.73. The number of esters is 1. The molecule has 0 saturated carbocycles. The predicted octanol–water partition coefficient (Wildman–Crippen LogP) is 6.05. The van der Waals surface area contributed by atoms with Crippen molar-refractivity contribution in [2.24, 2.45) is 35.0 Å². The number of hydrogen-bond donors (Lipinski definition) is 5. The number of aryl methyl sites for hydroxylation is 1. The minimum Gasteiger partial charge on any atom is -0.477 e. The van der Waals surface area contributed by atoms with E-state index in [2.05, 4.69) is 29.8 Å². The molecule has 77 heavy (non-hydrogen) atoms. The van der Waals surface area contributed by atoms with Crippen LogP contribution in [0.4, 0.5) is 10.5 Å². The van der Waals surface area contributed by atoms with Crippen LogP contribution in [0.15, 0.2) is 29.2 Å². The number of rotatable bonds is 19. The fraction of sp³-hybridized carbons (Fsp3) is 0.772. The molecule has 0 spiro atoms. The van der Waals surface area contributed by atoms with E-state index in [0.29, 0.717) is 63.9 Å². The molecule has 1 amide bonds. The normalized spacial score (nSPS) is 36.2. The molecule has 4 saturated heterocycles. The van der Waals surface area contributed by atoms with Crippen molar-refractivity contribution in [3.05, 3.63) is 45.9 Å². The van der Waals surface area contributed by atoms with Crippen molar-refractivity contribution in [2.45, 2.75) is 194 Å². The number of alkyl carbamates (subject to hydrolysis) is 1. The largest absolute Gasteiger partial charge is 0.477 e. The van der Waals surface area contributed by atoms with Crippen LogP contribution in [0.2, 0.25) is 0 Å². The zero-order chi connectivity index (χ0) is 56.9. The number of aromatic nitrogens is 1. The molecule has 20 heteroatoms. The Hall–Kier alpha value is -4.25. The molecular weight excluding hydrogens is 995 g/mol. The summed E-state index contributed by atoms with van der Waals surface area (Å²) < 4.78 is 53.2. The summed E-state index contributed by atoms with van der Waals surface area (Å²) in [6, 6.07) is 4.10. The number of Topliss-reactive ketones (excluding diaryl/α,β-unsaturated/α-hetero) is 1. The smallest absolute Gasteiger partial charge is 0.408 e. The summed E-state index contributed by atoms with van der Waals surface area (Å²) in [4.78, 5) is 68.7. The van der Waals surface area contributed by atoms with Crippen LogP contribution >= 0.6 is 0 Å². The van der Waals surface area contributed by atoms with Crippen LogP contribution in [0.5, 0.6) is 0 Å². The first-order chi connectivity index (χ1) is 36.2. The molecule has 17 atom stereocenters. The summed E-state index contributed by atoms with van der Waals surface area (Å²) in [5, 5.41) is 30.8. The summed E-state index contributed by atoms with van der Waals surface area (Å²) in [5.74, 6) is -4.72. The number of methoxy groups -OCH3 is 1. The number of carboxylic acid groups (broad SMARTS) is 1. The first kappa shape index (κ1) is 62.0. The van der Waals surface area contributed by atoms with Crippen LogP contribution in [0, 0.1) is 35.0 Å². The summed E-state index contributed by atoms with van der Waals surface area (Å²) >= 11 is 0. The highest BCUT2D eigenvalue weighted by atomic mass is 16.7. The molecule has 4 fully saturated rings. The van der Waals surface area contributed by atoms with Crippen molar-refractivity contribution in [3.63, 3.8) is 0 Å². The Balaban J connectivity index is 1.17. The van der Waals surface area contributed by atoms with Gasteiger partial charge < -0.3 is 69.0 Å². The Morgan fingerprint density at radius 2 is 1.66 bits per heavy atom. The van der Waals surface area contributed by atoms with Gasteiger partial charge in [-0.25, -0.2) is 9.59 Å². The van der Waals surface area contributed by atoms with Crippen molar-refractivity contribution < 1.29 is 67.3 Å². The van der Waals surface area contributed by atoms with Gasteiger partial charge in [0, 0.05) is 63.0 Å². The zero-order valence-electron chi connectivity index (χ0n) is 48.3. The van der Waals surface area contributed by atoms with Gasteiger partial charge in [-0.1, -0.05) is 48.5 Å². The third-order valence-electron chi connectivity index (χ3n) is 17.3. The number of carbonyl (C=O) groups is 4. The number of pyridine rings is 2. The lowest BCUT2D eigenvalue weighted by molar-refractivity contribution is -0.306. The monoisotopic (exact) mass is 1090 g/mol. The molecule has 2 aromatic rings. The van der Waals surface area contributed by atoms with E-state index in [1.165, 1.54) is 10.5 Å². The number of cyclic esters (lactones) is 1. The van der Waals surface area contributed by atoms with Gasteiger partial charge in [0.15, 0.2) is 18.2 Å². The molecule has 2 aromatic heterocycles. The van der Waals surface area contributed by atoms with E-state index in [9.17, 15) is 34.2 Å². The summed E-state index contributed by atoms with van der Waals surface area (Å²) in [5.41, 5.74) is -1.43. The number of carboxylic acids is 1. The number of hydrogen-bond acceptors (Lipinski definition) is 17. The van der Waals surface area contributed by atoms with Crippen molar-refractivity contribution in [1.29, 1.82) is 0 Å². The highest BCUT2D eigenvalue weighted by Gasteiger charge is 2.57. The highest BCUT2D eigenvalue weighted by molar-refractivity contribution is 5.88.